The molecule has 2 rings (SSSR count). The highest BCUT2D eigenvalue weighted by Gasteiger charge is 2.05. The molecule has 0 spiro atoms. The highest BCUT2D eigenvalue weighted by molar-refractivity contribution is 6.32. The fourth-order valence-electron chi connectivity index (χ4n) is 1.70. The normalized spacial score (nSPS) is 12.3. The molecular formula is C14H15ClN2O. The lowest BCUT2D eigenvalue weighted by molar-refractivity contribution is 0.475. The Hall–Kier alpha value is -1.58. The summed E-state index contributed by atoms with van der Waals surface area (Å²) in [5.74, 6) is 0.114. The molecule has 4 heteroatoms. The Bertz CT molecular complexity index is 516. The number of phenolic OH excluding ortho intramolecular Hbond substituents is 1. The first-order valence-corrected chi connectivity index (χ1v) is 6.15. The first kappa shape index (κ1) is 12.9. The zero-order chi connectivity index (χ0) is 13.0. The van der Waals surface area contributed by atoms with Gasteiger partial charge in [0.25, 0.3) is 0 Å². The number of aromatic nitrogens is 1. The van der Waals surface area contributed by atoms with Gasteiger partial charge >= 0.3 is 0 Å². The maximum absolute atomic E-state index is 9.34. The van der Waals surface area contributed by atoms with E-state index in [1.807, 2.05) is 18.2 Å². The molecule has 1 aromatic heterocycles. The van der Waals surface area contributed by atoms with E-state index in [0.717, 1.165) is 5.56 Å². The smallest absolute Gasteiger partial charge is 0.134 e. The van der Waals surface area contributed by atoms with Crippen LogP contribution in [0.15, 0.2) is 42.7 Å². The van der Waals surface area contributed by atoms with E-state index in [9.17, 15) is 5.11 Å². The van der Waals surface area contributed by atoms with E-state index in [1.165, 1.54) is 5.56 Å². The van der Waals surface area contributed by atoms with Crippen LogP contribution >= 0.6 is 11.6 Å². The number of rotatable bonds is 4. The number of nitrogens with zero attached hydrogens (tertiary/aromatic N) is 1. The van der Waals surface area contributed by atoms with Crippen LogP contribution in [0, 0.1) is 0 Å². The molecule has 0 aliphatic rings. The number of halogens is 1. The van der Waals surface area contributed by atoms with Gasteiger partial charge in [-0.1, -0.05) is 17.7 Å². The third-order valence-corrected chi connectivity index (χ3v) is 3.13. The highest BCUT2D eigenvalue weighted by atomic mass is 35.5. The molecule has 2 N–H and O–H groups in total. The number of nitrogens with one attached hydrogen (secondary N) is 1. The number of hydrogen-bond acceptors (Lipinski definition) is 3. The molecule has 0 aliphatic heterocycles. The molecule has 0 amide bonds. The van der Waals surface area contributed by atoms with Gasteiger partial charge in [0.05, 0.1) is 5.02 Å². The lowest BCUT2D eigenvalue weighted by Crippen LogP contribution is -2.18. The molecule has 0 aliphatic carbocycles. The number of hydrogen-bond donors (Lipinski definition) is 2. The van der Waals surface area contributed by atoms with E-state index in [1.54, 1.807) is 24.5 Å². The Morgan fingerprint density at radius 3 is 2.67 bits per heavy atom. The lowest BCUT2D eigenvalue weighted by atomic mass is 10.1. The summed E-state index contributed by atoms with van der Waals surface area (Å²) in [5, 5.41) is 13.1. The van der Waals surface area contributed by atoms with Crippen LogP contribution in [0.2, 0.25) is 5.02 Å². The van der Waals surface area contributed by atoms with Gasteiger partial charge in [-0.15, -0.1) is 0 Å². The quantitative estimate of drug-likeness (QED) is 0.889. The predicted molar refractivity (Wildman–Crippen MR) is 72.6 cm³/mol. The molecule has 0 fully saturated rings. The third-order valence-electron chi connectivity index (χ3n) is 2.83. The zero-order valence-electron chi connectivity index (χ0n) is 10.1. The van der Waals surface area contributed by atoms with Gasteiger partial charge in [0.1, 0.15) is 5.75 Å². The number of phenols is 1. The SMILES string of the molecule is C[C@H](NCc1ccc(O)c(Cl)c1)c1ccncc1. The Morgan fingerprint density at radius 2 is 2.00 bits per heavy atom. The Balaban J connectivity index is 1.97. The summed E-state index contributed by atoms with van der Waals surface area (Å²) >= 11 is 5.86. The van der Waals surface area contributed by atoms with Gasteiger partial charge in [0.15, 0.2) is 0 Å². The lowest BCUT2D eigenvalue weighted by Gasteiger charge is -2.14. The van der Waals surface area contributed by atoms with E-state index in [4.69, 9.17) is 11.6 Å². The van der Waals surface area contributed by atoms with Crippen LogP contribution in [-0.4, -0.2) is 10.1 Å². The largest absolute Gasteiger partial charge is 0.506 e. The van der Waals surface area contributed by atoms with Gasteiger partial charge in [-0.2, -0.15) is 0 Å². The molecule has 1 heterocycles. The predicted octanol–water partition coefficient (Wildman–Crippen LogP) is 3.29. The molecule has 0 saturated heterocycles. The topological polar surface area (TPSA) is 45.1 Å². The Kier molecular flexibility index (Phi) is 4.18. The van der Waals surface area contributed by atoms with Gasteiger partial charge < -0.3 is 10.4 Å². The van der Waals surface area contributed by atoms with Crippen molar-refractivity contribution in [1.29, 1.82) is 0 Å². The van der Waals surface area contributed by atoms with Crippen molar-refractivity contribution in [3.63, 3.8) is 0 Å². The maximum atomic E-state index is 9.34. The summed E-state index contributed by atoms with van der Waals surface area (Å²) < 4.78 is 0. The monoisotopic (exact) mass is 262 g/mol. The summed E-state index contributed by atoms with van der Waals surface area (Å²) in [7, 11) is 0. The van der Waals surface area contributed by atoms with E-state index < -0.39 is 0 Å². The van der Waals surface area contributed by atoms with Crippen molar-refractivity contribution in [1.82, 2.24) is 10.3 Å². The molecule has 0 bridgehead atoms. The number of aromatic hydroxyl groups is 1. The molecular weight excluding hydrogens is 248 g/mol. The maximum Gasteiger partial charge on any atom is 0.134 e. The average Bonchev–Trinajstić information content (AvgIpc) is 2.41. The first-order valence-electron chi connectivity index (χ1n) is 5.77. The van der Waals surface area contributed by atoms with Crippen LogP contribution in [0.4, 0.5) is 0 Å². The minimum absolute atomic E-state index is 0.114. The van der Waals surface area contributed by atoms with Crippen molar-refractivity contribution in [2.45, 2.75) is 19.5 Å². The molecule has 0 saturated carbocycles. The summed E-state index contributed by atoms with van der Waals surface area (Å²) in [6.07, 6.45) is 3.57. The average molecular weight is 263 g/mol. The fourth-order valence-corrected chi connectivity index (χ4v) is 1.90. The van der Waals surface area contributed by atoms with Gasteiger partial charge in [-0.3, -0.25) is 4.98 Å². The van der Waals surface area contributed by atoms with E-state index in [0.29, 0.717) is 11.6 Å². The van der Waals surface area contributed by atoms with Gasteiger partial charge in [-0.25, -0.2) is 0 Å². The number of benzene rings is 1. The van der Waals surface area contributed by atoms with Gasteiger partial charge in [0, 0.05) is 25.0 Å². The van der Waals surface area contributed by atoms with Crippen molar-refractivity contribution in [2.75, 3.05) is 0 Å². The highest BCUT2D eigenvalue weighted by Crippen LogP contribution is 2.23. The van der Waals surface area contributed by atoms with Crippen molar-refractivity contribution in [3.05, 3.63) is 58.9 Å². The molecule has 2 aromatic rings. The van der Waals surface area contributed by atoms with Crippen LogP contribution < -0.4 is 5.32 Å². The minimum atomic E-state index is 0.114. The summed E-state index contributed by atoms with van der Waals surface area (Å²) in [6.45, 7) is 2.79. The van der Waals surface area contributed by atoms with Crippen LogP contribution in [0.5, 0.6) is 5.75 Å². The molecule has 1 atom stereocenters. The molecule has 0 radical (unpaired) electrons. The Labute approximate surface area is 111 Å². The van der Waals surface area contributed by atoms with Crippen molar-refractivity contribution >= 4 is 11.6 Å². The molecule has 3 nitrogen and oxygen atoms in total. The molecule has 1 aromatic carbocycles. The Morgan fingerprint density at radius 1 is 1.28 bits per heavy atom. The van der Waals surface area contributed by atoms with Crippen LogP contribution in [0.1, 0.15) is 24.1 Å². The molecule has 0 unspecified atom stereocenters. The first-order chi connectivity index (χ1) is 8.66. The summed E-state index contributed by atoms with van der Waals surface area (Å²) in [4.78, 5) is 3.99. The summed E-state index contributed by atoms with van der Waals surface area (Å²) in [6, 6.07) is 9.44. The van der Waals surface area contributed by atoms with Crippen molar-refractivity contribution in [2.24, 2.45) is 0 Å². The minimum Gasteiger partial charge on any atom is -0.506 e. The zero-order valence-corrected chi connectivity index (χ0v) is 10.9. The van der Waals surface area contributed by atoms with E-state index in [2.05, 4.69) is 17.2 Å². The fraction of sp³-hybridized carbons (Fsp3) is 0.214. The van der Waals surface area contributed by atoms with Crippen molar-refractivity contribution < 1.29 is 5.11 Å². The second-order valence-electron chi connectivity index (χ2n) is 4.17. The second kappa shape index (κ2) is 5.85. The van der Waals surface area contributed by atoms with Crippen molar-refractivity contribution in [3.8, 4) is 5.75 Å². The third kappa shape index (κ3) is 3.22. The standard InChI is InChI=1S/C14H15ClN2O/c1-10(12-4-6-16-7-5-12)17-9-11-2-3-14(18)13(15)8-11/h2-8,10,17-18H,9H2,1H3/t10-/m0/s1. The van der Waals surface area contributed by atoms with Crippen LogP contribution in [0.25, 0.3) is 0 Å². The van der Waals surface area contributed by atoms with Gasteiger partial charge in [0.2, 0.25) is 0 Å². The van der Waals surface area contributed by atoms with Crippen LogP contribution in [-0.2, 0) is 6.54 Å². The van der Waals surface area contributed by atoms with Gasteiger partial charge in [-0.05, 0) is 42.3 Å². The molecule has 94 valence electrons. The van der Waals surface area contributed by atoms with Crippen LogP contribution in [0.3, 0.4) is 0 Å². The summed E-state index contributed by atoms with van der Waals surface area (Å²) in [5.41, 5.74) is 2.23. The second-order valence-corrected chi connectivity index (χ2v) is 4.58. The molecule has 18 heavy (non-hydrogen) atoms. The number of pyridine rings is 1. The van der Waals surface area contributed by atoms with E-state index in [-0.39, 0.29) is 11.8 Å². The van der Waals surface area contributed by atoms with E-state index >= 15 is 0 Å².